The van der Waals surface area contributed by atoms with Crippen molar-refractivity contribution in [3.63, 3.8) is 0 Å². The molecule has 34 heavy (non-hydrogen) atoms. The number of carbonyl (C=O) groups excluding carboxylic acids is 1. The van der Waals surface area contributed by atoms with Gasteiger partial charge in [-0.3, -0.25) is 4.79 Å². The summed E-state index contributed by atoms with van der Waals surface area (Å²) < 4.78 is 11.9. The summed E-state index contributed by atoms with van der Waals surface area (Å²) in [6.45, 7) is 0.418. The van der Waals surface area contributed by atoms with E-state index in [9.17, 15) is 10.1 Å². The first-order valence-electron chi connectivity index (χ1n) is 10.5. The third kappa shape index (κ3) is 5.45. The zero-order valence-electron chi connectivity index (χ0n) is 18.4. The normalized spacial score (nSPS) is 11.0. The number of hydrogen-bond donors (Lipinski definition) is 1. The third-order valence-electron chi connectivity index (χ3n) is 5.22. The monoisotopic (exact) mass is 512 g/mol. The molecule has 4 aromatic rings. The van der Waals surface area contributed by atoms with Crippen molar-refractivity contribution in [1.29, 1.82) is 5.26 Å². The number of nitriles is 1. The van der Waals surface area contributed by atoms with E-state index < -0.39 is 5.91 Å². The number of halogens is 1. The maximum absolute atomic E-state index is 12.6. The third-order valence-corrected chi connectivity index (χ3v) is 5.84. The van der Waals surface area contributed by atoms with Gasteiger partial charge in [-0.1, -0.05) is 54.6 Å². The molecular weight excluding hydrogens is 492 g/mol. The predicted molar refractivity (Wildman–Crippen MR) is 138 cm³/mol. The number of nitrogens with one attached hydrogen (secondary N) is 1. The van der Waals surface area contributed by atoms with Gasteiger partial charge in [-0.05, 0) is 68.2 Å². The molecule has 0 fully saturated rings. The zero-order valence-corrected chi connectivity index (χ0v) is 20.0. The lowest BCUT2D eigenvalue weighted by Crippen LogP contribution is -2.13. The Kier molecular flexibility index (Phi) is 7.26. The van der Waals surface area contributed by atoms with Gasteiger partial charge in [-0.2, -0.15) is 5.26 Å². The summed E-state index contributed by atoms with van der Waals surface area (Å²) in [5.74, 6) is 0.788. The number of nitrogens with zero attached hydrogens (tertiary/aromatic N) is 1. The van der Waals surface area contributed by atoms with Crippen LogP contribution in [0.3, 0.4) is 0 Å². The van der Waals surface area contributed by atoms with E-state index in [2.05, 4.69) is 39.4 Å². The Bertz CT molecular complexity index is 1420. The molecule has 0 unspecified atom stereocenters. The summed E-state index contributed by atoms with van der Waals surface area (Å²) in [6, 6.07) is 28.7. The Labute approximate surface area is 206 Å². The minimum absolute atomic E-state index is 0.0147. The van der Waals surface area contributed by atoms with E-state index in [1.165, 1.54) is 11.5 Å². The Hall–Kier alpha value is -4.08. The number of rotatable bonds is 7. The van der Waals surface area contributed by atoms with Crippen molar-refractivity contribution in [3.05, 3.63) is 106 Å². The van der Waals surface area contributed by atoms with Crippen LogP contribution in [0.25, 0.3) is 16.8 Å². The Morgan fingerprint density at radius 1 is 1.03 bits per heavy atom. The molecule has 0 atom stereocenters. The molecule has 0 aliphatic heterocycles. The van der Waals surface area contributed by atoms with E-state index in [0.29, 0.717) is 29.4 Å². The molecule has 1 amide bonds. The van der Waals surface area contributed by atoms with Gasteiger partial charge in [-0.15, -0.1) is 0 Å². The topological polar surface area (TPSA) is 71.3 Å². The summed E-state index contributed by atoms with van der Waals surface area (Å²) in [5, 5.41) is 14.6. The predicted octanol–water partition coefficient (Wildman–Crippen LogP) is 6.74. The minimum atomic E-state index is -0.497. The molecule has 0 aliphatic carbocycles. The molecule has 0 heterocycles. The summed E-state index contributed by atoms with van der Waals surface area (Å²) in [5.41, 5.74) is 2.32. The molecule has 0 aliphatic rings. The van der Waals surface area contributed by atoms with Crippen LogP contribution in [0.1, 0.15) is 11.1 Å². The van der Waals surface area contributed by atoms with E-state index in [1.807, 2.05) is 42.5 Å². The van der Waals surface area contributed by atoms with Crippen LogP contribution >= 0.6 is 15.9 Å². The van der Waals surface area contributed by atoms with Crippen LogP contribution in [0.15, 0.2) is 95.0 Å². The van der Waals surface area contributed by atoms with Gasteiger partial charge in [0.05, 0.1) is 11.6 Å². The standard InChI is InChI=1S/C28H21BrN2O3/c1-33-24-10-5-9-23(16-24)31-28(32)22(17-30)14-19-12-13-27(26(29)15-19)34-18-21-8-4-7-20-6-2-3-11-25(20)21/h2-16H,18H2,1H3,(H,31,32)/b22-14+. The summed E-state index contributed by atoms with van der Waals surface area (Å²) in [7, 11) is 1.55. The molecule has 0 aromatic heterocycles. The Morgan fingerprint density at radius 3 is 2.62 bits per heavy atom. The molecule has 1 N–H and O–H groups in total. The van der Waals surface area contributed by atoms with Gasteiger partial charge < -0.3 is 14.8 Å². The molecule has 5 nitrogen and oxygen atoms in total. The second kappa shape index (κ2) is 10.7. The number of fused-ring (bicyclic) bond motifs is 1. The molecule has 0 radical (unpaired) electrons. The van der Waals surface area contributed by atoms with Crippen LogP contribution in [0.4, 0.5) is 5.69 Å². The molecule has 0 saturated heterocycles. The van der Waals surface area contributed by atoms with Crippen LogP contribution in [0.2, 0.25) is 0 Å². The first-order valence-corrected chi connectivity index (χ1v) is 11.3. The highest BCUT2D eigenvalue weighted by Crippen LogP contribution is 2.29. The van der Waals surface area contributed by atoms with Gasteiger partial charge in [0.1, 0.15) is 29.7 Å². The highest BCUT2D eigenvalue weighted by molar-refractivity contribution is 9.10. The average Bonchev–Trinajstić information content (AvgIpc) is 2.86. The highest BCUT2D eigenvalue weighted by Gasteiger charge is 2.11. The number of amides is 1. The number of ether oxygens (including phenoxy) is 2. The van der Waals surface area contributed by atoms with Crippen molar-refractivity contribution in [1.82, 2.24) is 0 Å². The lowest BCUT2D eigenvalue weighted by Gasteiger charge is -2.11. The van der Waals surface area contributed by atoms with Crippen molar-refractivity contribution in [3.8, 4) is 17.6 Å². The van der Waals surface area contributed by atoms with Gasteiger partial charge in [-0.25, -0.2) is 0 Å². The number of methoxy groups -OCH3 is 1. The van der Waals surface area contributed by atoms with E-state index in [0.717, 1.165) is 15.4 Å². The van der Waals surface area contributed by atoms with Crippen LogP contribution in [-0.4, -0.2) is 13.0 Å². The number of benzene rings is 4. The van der Waals surface area contributed by atoms with Gasteiger partial charge in [0.15, 0.2) is 0 Å². The fourth-order valence-electron chi connectivity index (χ4n) is 3.51. The van der Waals surface area contributed by atoms with Gasteiger partial charge >= 0.3 is 0 Å². The number of anilines is 1. The highest BCUT2D eigenvalue weighted by atomic mass is 79.9. The average molecular weight is 513 g/mol. The fraction of sp³-hybridized carbons (Fsp3) is 0.0714. The van der Waals surface area contributed by atoms with Gasteiger partial charge in [0.2, 0.25) is 0 Å². The van der Waals surface area contributed by atoms with Gasteiger partial charge in [0.25, 0.3) is 5.91 Å². The minimum Gasteiger partial charge on any atom is -0.497 e. The first kappa shape index (κ1) is 23.1. The van der Waals surface area contributed by atoms with Crippen LogP contribution < -0.4 is 14.8 Å². The summed E-state index contributed by atoms with van der Waals surface area (Å²) >= 11 is 3.54. The fourth-order valence-corrected chi connectivity index (χ4v) is 4.02. The molecule has 0 bridgehead atoms. The zero-order chi connectivity index (χ0) is 23.9. The van der Waals surface area contributed by atoms with Crippen LogP contribution in [0, 0.1) is 11.3 Å². The van der Waals surface area contributed by atoms with Crippen molar-refractivity contribution in [2.45, 2.75) is 6.61 Å². The number of carbonyl (C=O) groups is 1. The molecule has 0 spiro atoms. The molecule has 168 valence electrons. The van der Waals surface area contributed by atoms with E-state index in [1.54, 1.807) is 37.4 Å². The van der Waals surface area contributed by atoms with E-state index in [4.69, 9.17) is 9.47 Å². The number of hydrogen-bond acceptors (Lipinski definition) is 4. The van der Waals surface area contributed by atoms with E-state index in [-0.39, 0.29) is 5.57 Å². The second-order valence-electron chi connectivity index (χ2n) is 7.47. The maximum atomic E-state index is 12.6. The van der Waals surface area contributed by atoms with Crippen molar-refractivity contribution >= 4 is 44.4 Å². The molecule has 0 saturated carbocycles. The van der Waals surface area contributed by atoms with Gasteiger partial charge in [0, 0.05) is 11.8 Å². The maximum Gasteiger partial charge on any atom is 0.266 e. The van der Waals surface area contributed by atoms with E-state index >= 15 is 0 Å². The van der Waals surface area contributed by atoms with Crippen molar-refractivity contribution < 1.29 is 14.3 Å². The van der Waals surface area contributed by atoms with Crippen LogP contribution in [-0.2, 0) is 11.4 Å². The lowest BCUT2D eigenvalue weighted by atomic mass is 10.1. The van der Waals surface area contributed by atoms with Crippen molar-refractivity contribution in [2.75, 3.05) is 12.4 Å². The largest absolute Gasteiger partial charge is 0.497 e. The molecular formula is C28H21BrN2O3. The lowest BCUT2D eigenvalue weighted by molar-refractivity contribution is -0.112. The molecule has 4 rings (SSSR count). The molecule has 6 heteroatoms. The Morgan fingerprint density at radius 2 is 1.82 bits per heavy atom. The second-order valence-corrected chi connectivity index (χ2v) is 8.33. The Balaban J connectivity index is 1.48. The van der Waals surface area contributed by atoms with Crippen molar-refractivity contribution in [2.24, 2.45) is 0 Å². The SMILES string of the molecule is COc1cccc(NC(=O)/C(C#N)=C/c2ccc(OCc3cccc4ccccc34)c(Br)c2)c1. The smallest absolute Gasteiger partial charge is 0.266 e. The molecule has 4 aromatic carbocycles. The summed E-state index contributed by atoms with van der Waals surface area (Å²) in [6.07, 6.45) is 1.54. The van der Waals surface area contributed by atoms with Crippen LogP contribution in [0.5, 0.6) is 11.5 Å². The first-order chi connectivity index (χ1) is 16.6. The quantitative estimate of drug-likeness (QED) is 0.220. The summed E-state index contributed by atoms with van der Waals surface area (Å²) in [4.78, 5) is 12.6.